The molecule has 33 heavy (non-hydrogen) atoms. The molecule has 2 N–H and O–H groups in total. The lowest BCUT2D eigenvalue weighted by Gasteiger charge is -2.14. The average Bonchev–Trinajstić information content (AvgIpc) is 3.48. The lowest BCUT2D eigenvalue weighted by molar-refractivity contribution is 0.417. The summed E-state index contributed by atoms with van der Waals surface area (Å²) in [6.45, 7) is 4.66. The van der Waals surface area contributed by atoms with Crippen molar-refractivity contribution in [3.63, 3.8) is 0 Å². The first-order chi connectivity index (χ1) is 16.1. The number of ether oxygens (including phenoxy) is 1. The number of aryl methyl sites for hydroxylation is 2. The van der Waals surface area contributed by atoms with Crippen molar-refractivity contribution in [1.29, 1.82) is 0 Å². The molecule has 0 radical (unpaired) electrons. The first kappa shape index (κ1) is 21.0. The number of methoxy groups -OCH3 is 1. The summed E-state index contributed by atoms with van der Waals surface area (Å²) in [5, 5.41) is 11.2. The number of benzene rings is 2. The Morgan fingerprint density at radius 2 is 2.09 bits per heavy atom. The average molecular weight is 443 g/mol. The number of nitrogens with one attached hydrogen (secondary N) is 2. The quantitative estimate of drug-likeness (QED) is 0.359. The van der Waals surface area contributed by atoms with Crippen LogP contribution in [0.1, 0.15) is 17.5 Å². The van der Waals surface area contributed by atoms with Gasteiger partial charge in [0.15, 0.2) is 5.65 Å². The molecular formula is C25H26N6O2. The molecule has 0 aliphatic heterocycles. The Bertz CT molecular complexity index is 1470. The van der Waals surface area contributed by atoms with Gasteiger partial charge in [-0.3, -0.25) is 0 Å². The Hall–Kier alpha value is -3.91. The lowest BCUT2D eigenvalue weighted by atomic mass is 9.99. The zero-order chi connectivity index (χ0) is 22.8. The first-order valence-electron chi connectivity index (χ1n) is 11.0. The monoisotopic (exact) mass is 442 g/mol. The van der Waals surface area contributed by atoms with Crippen molar-refractivity contribution in [3.8, 4) is 16.9 Å². The molecular weight excluding hydrogens is 416 g/mol. The van der Waals surface area contributed by atoms with Gasteiger partial charge in [-0.1, -0.05) is 18.2 Å². The fourth-order valence-corrected chi connectivity index (χ4v) is 4.26. The van der Waals surface area contributed by atoms with Crippen LogP contribution in [0.4, 0.5) is 0 Å². The number of rotatable bonds is 8. The fourth-order valence-electron chi connectivity index (χ4n) is 4.26. The van der Waals surface area contributed by atoms with Gasteiger partial charge in [-0.25, -0.2) is 19.3 Å². The number of nitrogens with zero attached hydrogens (tertiary/aromatic N) is 4. The topological polar surface area (TPSA) is 89.2 Å². The molecule has 3 heterocycles. The van der Waals surface area contributed by atoms with E-state index in [0.717, 1.165) is 59.4 Å². The normalized spacial score (nSPS) is 11.5. The molecule has 0 spiro atoms. The number of aromatic nitrogens is 5. The highest BCUT2D eigenvalue weighted by Gasteiger charge is 2.14. The molecule has 168 valence electrons. The van der Waals surface area contributed by atoms with Crippen molar-refractivity contribution in [1.82, 2.24) is 29.5 Å². The van der Waals surface area contributed by atoms with Gasteiger partial charge < -0.3 is 14.6 Å². The maximum Gasteiger partial charge on any atom is 0.348 e. The van der Waals surface area contributed by atoms with Gasteiger partial charge in [0.2, 0.25) is 0 Å². The smallest absolute Gasteiger partial charge is 0.348 e. The molecule has 0 aliphatic carbocycles. The van der Waals surface area contributed by atoms with E-state index >= 15 is 0 Å². The fraction of sp³-hybridized carbons (Fsp3) is 0.240. The molecule has 0 saturated carbocycles. The van der Waals surface area contributed by atoms with E-state index in [2.05, 4.69) is 49.3 Å². The highest BCUT2D eigenvalue weighted by atomic mass is 16.5. The minimum absolute atomic E-state index is 0.250. The van der Waals surface area contributed by atoms with Crippen LogP contribution in [0.15, 0.2) is 66.0 Å². The molecule has 8 nitrogen and oxygen atoms in total. The van der Waals surface area contributed by atoms with Crippen LogP contribution in [0, 0.1) is 6.92 Å². The van der Waals surface area contributed by atoms with E-state index < -0.39 is 0 Å². The SMILES string of the molecule is COc1cc2c(C)cc3n[nH]c(=O)n3c2cc1-c1cccc(CNCCCn2ccnc2)c1. The van der Waals surface area contributed by atoms with Crippen molar-refractivity contribution in [2.75, 3.05) is 13.7 Å². The third-order valence-electron chi connectivity index (χ3n) is 5.92. The highest BCUT2D eigenvalue weighted by Crippen LogP contribution is 2.35. The van der Waals surface area contributed by atoms with E-state index in [1.54, 1.807) is 17.7 Å². The highest BCUT2D eigenvalue weighted by molar-refractivity contribution is 5.92. The standard InChI is InChI=1S/C25H26N6O2/c1-17-11-24-28-29-25(32)31(24)22-13-21(23(33-2)14-20(17)22)19-6-3-5-18(12-19)15-26-7-4-9-30-10-8-27-16-30/h3,5-6,8,10-14,16,26H,4,7,9,15H2,1-2H3,(H,29,32). The molecule has 5 aromatic rings. The Morgan fingerprint density at radius 1 is 1.18 bits per heavy atom. The molecule has 0 saturated heterocycles. The summed E-state index contributed by atoms with van der Waals surface area (Å²) < 4.78 is 9.43. The summed E-state index contributed by atoms with van der Waals surface area (Å²) in [4.78, 5) is 16.5. The Labute approximate surface area is 190 Å². The third kappa shape index (κ3) is 4.12. The summed E-state index contributed by atoms with van der Waals surface area (Å²) in [7, 11) is 1.67. The molecule has 0 amide bonds. The van der Waals surface area contributed by atoms with E-state index in [4.69, 9.17) is 4.74 Å². The van der Waals surface area contributed by atoms with E-state index in [9.17, 15) is 4.79 Å². The maximum atomic E-state index is 12.4. The predicted molar refractivity (Wildman–Crippen MR) is 129 cm³/mol. The number of imidazole rings is 1. The van der Waals surface area contributed by atoms with Crippen LogP contribution in [0.3, 0.4) is 0 Å². The first-order valence-corrected chi connectivity index (χ1v) is 11.0. The molecule has 0 aliphatic rings. The second kappa shape index (κ2) is 8.91. The summed E-state index contributed by atoms with van der Waals surface area (Å²) >= 11 is 0. The van der Waals surface area contributed by atoms with Crippen LogP contribution in [0.2, 0.25) is 0 Å². The van der Waals surface area contributed by atoms with Crippen LogP contribution in [-0.2, 0) is 13.1 Å². The molecule has 5 rings (SSSR count). The zero-order valence-corrected chi connectivity index (χ0v) is 18.7. The molecule has 8 heteroatoms. The zero-order valence-electron chi connectivity index (χ0n) is 18.7. The van der Waals surface area contributed by atoms with Gasteiger partial charge in [0.25, 0.3) is 0 Å². The second-order valence-corrected chi connectivity index (χ2v) is 8.15. The van der Waals surface area contributed by atoms with Crippen molar-refractivity contribution in [3.05, 3.63) is 82.8 Å². The van der Waals surface area contributed by atoms with Crippen molar-refractivity contribution in [2.45, 2.75) is 26.4 Å². The van der Waals surface area contributed by atoms with Gasteiger partial charge in [-0.2, -0.15) is 5.10 Å². The van der Waals surface area contributed by atoms with E-state index in [0.29, 0.717) is 5.65 Å². The summed E-state index contributed by atoms with van der Waals surface area (Å²) in [5.74, 6) is 0.770. The molecule has 3 aromatic heterocycles. The number of H-pyrrole nitrogens is 1. The summed E-state index contributed by atoms with van der Waals surface area (Å²) in [6, 6.07) is 14.3. The van der Waals surface area contributed by atoms with E-state index in [-0.39, 0.29) is 5.69 Å². The lowest BCUT2D eigenvalue weighted by Crippen LogP contribution is -2.16. The second-order valence-electron chi connectivity index (χ2n) is 8.15. The van der Waals surface area contributed by atoms with Crippen LogP contribution in [0.5, 0.6) is 5.75 Å². The van der Waals surface area contributed by atoms with Gasteiger partial charge in [-0.15, -0.1) is 0 Å². The summed E-state index contributed by atoms with van der Waals surface area (Å²) in [5.41, 5.74) is 5.36. The molecule has 0 unspecified atom stereocenters. The molecule has 0 fully saturated rings. The molecule has 0 atom stereocenters. The van der Waals surface area contributed by atoms with Gasteiger partial charge in [-0.05, 0) is 60.8 Å². The van der Waals surface area contributed by atoms with Crippen LogP contribution in [0.25, 0.3) is 27.7 Å². The van der Waals surface area contributed by atoms with Crippen molar-refractivity contribution in [2.24, 2.45) is 0 Å². The summed E-state index contributed by atoms with van der Waals surface area (Å²) in [6.07, 6.45) is 6.65. The molecule has 0 bridgehead atoms. The number of hydrogen-bond donors (Lipinski definition) is 2. The Morgan fingerprint density at radius 3 is 2.91 bits per heavy atom. The largest absolute Gasteiger partial charge is 0.496 e. The van der Waals surface area contributed by atoms with E-state index in [1.807, 2.05) is 37.6 Å². The third-order valence-corrected chi connectivity index (χ3v) is 5.92. The maximum absolute atomic E-state index is 12.4. The van der Waals surface area contributed by atoms with Gasteiger partial charge in [0.05, 0.1) is 19.0 Å². The number of pyridine rings is 1. The van der Waals surface area contributed by atoms with E-state index in [1.165, 1.54) is 5.56 Å². The Kier molecular flexibility index (Phi) is 5.66. The van der Waals surface area contributed by atoms with Crippen molar-refractivity contribution >= 4 is 16.6 Å². The van der Waals surface area contributed by atoms with Crippen LogP contribution < -0.4 is 15.7 Å². The Balaban J connectivity index is 1.43. The van der Waals surface area contributed by atoms with Gasteiger partial charge >= 0.3 is 5.69 Å². The van der Waals surface area contributed by atoms with Crippen LogP contribution >= 0.6 is 0 Å². The predicted octanol–water partition coefficient (Wildman–Crippen LogP) is 3.54. The number of fused-ring (bicyclic) bond motifs is 3. The minimum atomic E-state index is -0.250. The molecule has 2 aromatic carbocycles. The number of aromatic amines is 1. The van der Waals surface area contributed by atoms with Gasteiger partial charge in [0.1, 0.15) is 5.75 Å². The number of hydrogen-bond acceptors (Lipinski definition) is 5. The van der Waals surface area contributed by atoms with Crippen LogP contribution in [-0.4, -0.2) is 37.8 Å². The minimum Gasteiger partial charge on any atom is -0.496 e. The van der Waals surface area contributed by atoms with Gasteiger partial charge in [0, 0.05) is 36.4 Å². The van der Waals surface area contributed by atoms with Crippen molar-refractivity contribution < 1.29 is 4.74 Å².